The SMILES string of the molecule is CC(C)C1(CNc2ccnc3cc(Cl)ccc23)CC1. The Kier molecular flexibility index (Phi) is 3.14. The van der Waals surface area contributed by atoms with E-state index in [0.717, 1.165) is 34.1 Å². The van der Waals surface area contributed by atoms with Gasteiger partial charge in [0.05, 0.1) is 5.52 Å². The molecule has 0 atom stereocenters. The van der Waals surface area contributed by atoms with Crippen LogP contribution in [0, 0.1) is 11.3 Å². The van der Waals surface area contributed by atoms with Gasteiger partial charge in [0.25, 0.3) is 0 Å². The third kappa shape index (κ3) is 2.42. The van der Waals surface area contributed by atoms with Gasteiger partial charge >= 0.3 is 0 Å². The van der Waals surface area contributed by atoms with Gasteiger partial charge in [0.1, 0.15) is 0 Å². The van der Waals surface area contributed by atoms with E-state index in [1.54, 1.807) is 0 Å². The fourth-order valence-corrected chi connectivity index (χ4v) is 2.83. The maximum absolute atomic E-state index is 6.01. The topological polar surface area (TPSA) is 24.9 Å². The van der Waals surface area contributed by atoms with Crippen molar-refractivity contribution in [1.82, 2.24) is 4.98 Å². The van der Waals surface area contributed by atoms with Gasteiger partial charge in [-0.2, -0.15) is 0 Å². The highest BCUT2D eigenvalue weighted by Gasteiger charge is 2.44. The molecule has 2 aromatic rings. The van der Waals surface area contributed by atoms with Crippen LogP contribution in [0.4, 0.5) is 5.69 Å². The molecule has 3 rings (SSSR count). The molecule has 1 saturated carbocycles. The molecule has 0 unspecified atom stereocenters. The Balaban J connectivity index is 1.85. The maximum Gasteiger partial charge on any atom is 0.0737 e. The van der Waals surface area contributed by atoms with Crippen molar-refractivity contribution in [3.05, 3.63) is 35.5 Å². The van der Waals surface area contributed by atoms with Gasteiger partial charge in [-0.15, -0.1) is 0 Å². The number of aromatic nitrogens is 1. The first kappa shape index (κ1) is 12.7. The zero-order valence-corrected chi connectivity index (χ0v) is 12.2. The Hall–Kier alpha value is -1.28. The molecule has 1 aliphatic rings. The number of anilines is 1. The highest BCUT2D eigenvalue weighted by Crippen LogP contribution is 2.51. The molecule has 1 heterocycles. The molecule has 1 aromatic carbocycles. The van der Waals surface area contributed by atoms with E-state index in [1.807, 2.05) is 30.5 Å². The van der Waals surface area contributed by atoms with Gasteiger partial charge in [-0.1, -0.05) is 25.4 Å². The first-order valence-corrected chi connectivity index (χ1v) is 7.27. The minimum Gasteiger partial charge on any atom is -0.384 e. The second-order valence-corrected chi connectivity index (χ2v) is 6.33. The Labute approximate surface area is 119 Å². The summed E-state index contributed by atoms with van der Waals surface area (Å²) >= 11 is 6.01. The molecular weight excluding hydrogens is 256 g/mol. The van der Waals surface area contributed by atoms with Crippen molar-refractivity contribution in [2.45, 2.75) is 26.7 Å². The molecule has 0 saturated heterocycles. The summed E-state index contributed by atoms with van der Waals surface area (Å²) in [6, 6.07) is 7.93. The van der Waals surface area contributed by atoms with E-state index in [-0.39, 0.29) is 0 Å². The van der Waals surface area contributed by atoms with Gasteiger partial charge in [-0.3, -0.25) is 4.98 Å². The number of nitrogens with zero attached hydrogens (tertiary/aromatic N) is 1. The average Bonchev–Trinajstić information content (AvgIpc) is 3.17. The number of halogens is 1. The molecule has 0 aliphatic heterocycles. The van der Waals surface area contributed by atoms with Gasteiger partial charge in [0.15, 0.2) is 0 Å². The lowest BCUT2D eigenvalue weighted by atomic mass is 9.92. The molecule has 3 heteroatoms. The summed E-state index contributed by atoms with van der Waals surface area (Å²) in [5, 5.41) is 5.49. The van der Waals surface area contributed by atoms with E-state index >= 15 is 0 Å². The second kappa shape index (κ2) is 4.68. The second-order valence-electron chi connectivity index (χ2n) is 5.89. The van der Waals surface area contributed by atoms with Crippen molar-refractivity contribution >= 4 is 28.2 Å². The Bertz CT molecular complexity index is 603. The van der Waals surface area contributed by atoms with Gasteiger partial charge in [0.2, 0.25) is 0 Å². The lowest BCUT2D eigenvalue weighted by Crippen LogP contribution is -2.20. The molecule has 0 bridgehead atoms. The smallest absolute Gasteiger partial charge is 0.0737 e. The molecule has 0 spiro atoms. The van der Waals surface area contributed by atoms with Gasteiger partial charge in [-0.25, -0.2) is 0 Å². The zero-order valence-electron chi connectivity index (χ0n) is 11.4. The predicted molar refractivity (Wildman–Crippen MR) is 81.7 cm³/mol. The standard InChI is InChI=1S/C16H19ClN2/c1-11(2)16(6-7-16)10-19-14-5-8-18-15-9-12(17)3-4-13(14)15/h3-5,8-9,11H,6-7,10H2,1-2H3,(H,18,19). The van der Waals surface area contributed by atoms with Crippen LogP contribution in [-0.2, 0) is 0 Å². The summed E-state index contributed by atoms with van der Waals surface area (Å²) in [6.45, 7) is 5.69. The van der Waals surface area contributed by atoms with Crippen LogP contribution in [0.2, 0.25) is 5.02 Å². The summed E-state index contributed by atoms with van der Waals surface area (Å²) in [5.74, 6) is 0.738. The summed E-state index contributed by atoms with van der Waals surface area (Å²) in [7, 11) is 0. The Morgan fingerprint density at radius 3 is 2.79 bits per heavy atom. The van der Waals surface area contributed by atoms with Crippen LogP contribution in [0.1, 0.15) is 26.7 Å². The Morgan fingerprint density at radius 1 is 1.32 bits per heavy atom. The van der Waals surface area contributed by atoms with Crippen molar-refractivity contribution in [3.8, 4) is 0 Å². The Morgan fingerprint density at radius 2 is 2.11 bits per heavy atom. The van der Waals surface area contributed by atoms with Crippen LogP contribution in [0.25, 0.3) is 10.9 Å². The number of hydrogen-bond acceptors (Lipinski definition) is 2. The average molecular weight is 275 g/mol. The molecule has 1 fully saturated rings. The highest BCUT2D eigenvalue weighted by molar-refractivity contribution is 6.31. The molecule has 2 nitrogen and oxygen atoms in total. The van der Waals surface area contributed by atoms with Gasteiger partial charge in [-0.05, 0) is 48.4 Å². The van der Waals surface area contributed by atoms with E-state index in [4.69, 9.17) is 11.6 Å². The lowest BCUT2D eigenvalue weighted by Gasteiger charge is -2.21. The van der Waals surface area contributed by atoms with E-state index < -0.39 is 0 Å². The summed E-state index contributed by atoms with van der Waals surface area (Å²) in [6.07, 6.45) is 4.52. The molecule has 1 aromatic heterocycles. The normalized spacial score (nSPS) is 16.8. The van der Waals surface area contributed by atoms with Gasteiger partial charge in [0, 0.05) is 28.8 Å². The van der Waals surface area contributed by atoms with Crippen molar-refractivity contribution in [1.29, 1.82) is 0 Å². The van der Waals surface area contributed by atoms with Crippen molar-refractivity contribution < 1.29 is 0 Å². The van der Waals surface area contributed by atoms with Crippen molar-refractivity contribution in [3.63, 3.8) is 0 Å². The third-order valence-electron chi connectivity index (χ3n) is 4.45. The molecule has 1 aliphatic carbocycles. The number of fused-ring (bicyclic) bond motifs is 1. The summed E-state index contributed by atoms with van der Waals surface area (Å²) < 4.78 is 0. The number of pyridine rings is 1. The van der Waals surface area contributed by atoms with Gasteiger partial charge < -0.3 is 5.32 Å². The minimum atomic E-state index is 0.502. The molecule has 1 N–H and O–H groups in total. The van der Waals surface area contributed by atoms with Crippen LogP contribution in [-0.4, -0.2) is 11.5 Å². The fraction of sp³-hybridized carbons (Fsp3) is 0.438. The van der Waals surface area contributed by atoms with Crippen molar-refractivity contribution in [2.75, 3.05) is 11.9 Å². The van der Waals surface area contributed by atoms with E-state index in [1.165, 1.54) is 12.8 Å². The van der Waals surface area contributed by atoms with Crippen LogP contribution < -0.4 is 5.32 Å². The van der Waals surface area contributed by atoms with Crippen LogP contribution in [0.15, 0.2) is 30.5 Å². The minimum absolute atomic E-state index is 0.502. The number of benzene rings is 1. The molecule has 19 heavy (non-hydrogen) atoms. The first-order valence-electron chi connectivity index (χ1n) is 6.89. The molecule has 100 valence electrons. The lowest BCUT2D eigenvalue weighted by molar-refractivity contribution is 0.380. The first-order chi connectivity index (χ1) is 9.11. The molecule has 0 amide bonds. The van der Waals surface area contributed by atoms with E-state index in [9.17, 15) is 0 Å². The third-order valence-corrected chi connectivity index (χ3v) is 4.69. The molecule has 0 radical (unpaired) electrons. The highest BCUT2D eigenvalue weighted by atomic mass is 35.5. The monoisotopic (exact) mass is 274 g/mol. The van der Waals surface area contributed by atoms with Crippen molar-refractivity contribution in [2.24, 2.45) is 11.3 Å². The van der Waals surface area contributed by atoms with Crippen LogP contribution in [0.5, 0.6) is 0 Å². The van der Waals surface area contributed by atoms with E-state index in [2.05, 4.69) is 24.1 Å². The fourth-order valence-electron chi connectivity index (χ4n) is 2.67. The zero-order chi connectivity index (χ0) is 13.5. The summed E-state index contributed by atoms with van der Waals surface area (Å²) in [4.78, 5) is 4.37. The number of nitrogens with one attached hydrogen (secondary N) is 1. The van der Waals surface area contributed by atoms with Crippen LogP contribution >= 0.6 is 11.6 Å². The van der Waals surface area contributed by atoms with Crippen LogP contribution in [0.3, 0.4) is 0 Å². The maximum atomic E-state index is 6.01. The number of rotatable bonds is 4. The summed E-state index contributed by atoms with van der Waals surface area (Å²) in [5.41, 5.74) is 2.61. The quantitative estimate of drug-likeness (QED) is 0.871. The molecular formula is C16H19ClN2. The largest absolute Gasteiger partial charge is 0.384 e. The predicted octanol–water partition coefficient (Wildman–Crippen LogP) is 4.74. The van der Waals surface area contributed by atoms with E-state index in [0.29, 0.717) is 5.41 Å². The number of hydrogen-bond donors (Lipinski definition) is 1.